The van der Waals surface area contributed by atoms with Crippen molar-refractivity contribution in [2.24, 2.45) is 5.73 Å². The lowest BCUT2D eigenvalue weighted by molar-refractivity contribution is -0.141. The first-order chi connectivity index (χ1) is 6.93. The van der Waals surface area contributed by atoms with Crippen LogP contribution in [0.3, 0.4) is 0 Å². The van der Waals surface area contributed by atoms with E-state index in [-0.39, 0.29) is 11.3 Å². The van der Waals surface area contributed by atoms with Crippen LogP contribution in [-0.4, -0.2) is 27.3 Å². The van der Waals surface area contributed by atoms with Crippen molar-refractivity contribution in [2.45, 2.75) is 19.1 Å². The van der Waals surface area contributed by atoms with E-state index in [4.69, 9.17) is 10.8 Å². The first-order valence-electron chi connectivity index (χ1n) is 4.39. The number of rotatable bonds is 3. The lowest BCUT2D eigenvalue weighted by Gasteiger charge is -2.16. The van der Waals surface area contributed by atoms with E-state index in [1.54, 1.807) is 13.0 Å². The van der Waals surface area contributed by atoms with Crippen LogP contribution in [0, 0.1) is 6.92 Å². The largest absolute Gasteiger partial charge is 0.508 e. The summed E-state index contributed by atoms with van der Waals surface area (Å²) in [5.74, 6) is -1.48. The maximum Gasteiger partial charge on any atom is 0.323 e. The minimum atomic E-state index is -1.45. The van der Waals surface area contributed by atoms with Crippen molar-refractivity contribution in [3.05, 3.63) is 29.3 Å². The molecule has 0 radical (unpaired) electrons. The number of carbonyl (C=O) groups is 1. The van der Waals surface area contributed by atoms with Gasteiger partial charge in [0.05, 0.1) is 0 Å². The van der Waals surface area contributed by atoms with Crippen molar-refractivity contribution in [1.29, 1.82) is 0 Å². The molecule has 0 aliphatic rings. The summed E-state index contributed by atoms with van der Waals surface area (Å²) in [6.45, 7) is 1.77. The van der Waals surface area contributed by atoms with Crippen LogP contribution < -0.4 is 5.73 Å². The van der Waals surface area contributed by atoms with Crippen LogP contribution in [0.1, 0.15) is 17.2 Å². The van der Waals surface area contributed by atoms with Gasteiger partial charge in [-0.05, 0) is 19.1 Å². The van der Waals surface area contributed by atoms with E-state index >= 15 is 0 Å². The Kier molecular flexibility index (Phi) is 3.28. The lowest BCUT2D eigenvalue weighted by atomic mass is 10.00. The zero-order chi connectivity index (χ0) is 11.6. The second-order valence-corrected chi connectivity index (χ2v) is 3.37. The Morgan fingerprint density at radius 2 is 2.07 bits per heavy atom. The minimum Gasteiger partial charge on any atom is -0.508 e. The molecule has 0 saturated carbocycles. The number of hydrogen-bond donors (Lipinski definition) is 4. The summed E-state index contributed by atoms with van der Waals surface area (Å²) in [5.41, 5.74) is 6.18. The second kappa shape index (κ2) is 4.29. The maximum atomic E-state index is 10.5. The molecule has 0 aliphatic carbocycles. The van der Waals surface area contributed by atoms with Gasteiger partial charge >= 0.3 is 5.97 Å². The normalized spacial score (nSPS) is 14.6. The topological polar surface area (TPSA) is 104 Å². The van der Waals surface area contributed by atoms with Crippen molar-refractivity contribution < 1.29 is 20.1 Å². The summed E-state index contributed by atoms with van der Waals surface area (Å²) in [6, 6.07) is 3.10. The van der Waals surface area contributed by atoms with Gasteiger partial charge in [0.15, 0.2) is 0 Å². The number of hydrogen-bond acceptors (Lipinski definition) is 4. The van der Waals surface area contributed by atoms with Gasteiger partial charge in [-0.1, -0.05) is 11.6 Å². The number of aromatic hydroxyl groups is 1. The number of phenolic OH excluding ortho intramolecular Hbond substituents is 1. The molecule has 0 amide bonds. The summed E-state index contributed by atoms with van der Waals surface area (Å²) < 4.78 is 0. The average molecular weight is 211 g/mol. The second-order valence-electron chi connectivity index (χ2n) is 3.37. The van der Waals surface area contributed by atoms with E-state index in [2.05, 4.69) is 0 Å². The molecule has 0 saturated heterocycles. The molecule has 0 bridgehead atoms. The van der Waals surface area contributed by atoms with Gasteiger partial charge in [0.1, 0.15) is 17.9 Å². The quantitative estimate of drug-likeness (QED) is 0.569. The van der Waals surface area contributed by atoms with E-state index in [0.717, 1.165) is 5.56 Å². The highest BCUT2D eigenvalue weighted by atomic mass is 16.4. The number of nitrogens with two attached hydrogens (primary N) is 1. The van der Waals surface area contributed by atoms with E-state index in [9.17, 15) is 15.0 Å². The fourth-order valence-corrected chi connectivity index (χ4v) is 1.24. The smallest absolute Gasteiger partial charge is 0.323 e. The van der Waals surface area contributed by atoms with Crippen LogP contribution in [0.4, 0.5) is 0 Å². The van der Waals surface area contributed by atoms with Crippen LogP contribution >= 0.6 is 0 Å². The van der Waals surface area contributed by atoms with Crippen LogP contribution in [0.2, 0.25) is 0 Å². The number of aliphatic hydroxyl groups is 1. The number of phenols is 1. The van der Waals surface area contributed by atoms with E-state index in [1.807, 2.05) is 0 Å². The summed E-state index contributed by atoms with van der Waals surface area (Å²) in [6.07, 6.45) is -1.41. The number of aliphatic hydroxyl groups excluding tert-OH is 1. The number of aryl methyl sites for hydroxylation is 1. The van der Waals surface area contributed by atoms with Gasteiger partial charge in [-0.3, -0.25) is 4.79 Å². The third kappa shape index (κ3) is 2.45. The van der Waals surface area contributed by atoms with Gasteiger partial charge in [0.2, 0.25) is 0 Å². The molecule has 0 spiro atoms. The SMILES string of the molecule is Cc1ccc(O)c(C(O)C(N)C(=O)O)c1. The maximum absolute atomic E-state index is 10.5. The number of benzene rings is 1. The molecule has 0 aromatic heterocycles. The van der Waals surface area contributed by atoms with Gasteiger partial charge in [-0.15, -0.1) is 0 Å². The molecule has 0 heterocycles. The third-order valence-electron chi connectivity index (χ3n) is 2.13. The fraction of sp³-hybridized carbons (Fsp3) is 0.300. The predicted molar refractivity (Wildman–Crippen MR) is 53.4 cm³/mol. The number of carboxylic acids is 1. The molecule has 1 aromatic rings. The Morgan fingerprint density at radius 1 is 1.47 bits per heavy atom. The third-order valence-corrected chi connectivity index (χ3v) is 2.13. The molecule has 1 rings (SSSR count). The molecule has 0 fully saturated rings. The minimum absolute atomic E-state index is 0.130. The molecular formula is C10H13NO4. The Morgan fingerprint density at radius 3 is 2.60 bits per heavy atom. The van der Waals surface area contributed by atoms with E-state index < -0.39 is 18.1 Å². The standard InChI is InChI=1S/C10H13NO4/c1-5-2-3-7(12)6(4-5)9(13)8(11)10(14)15/h2-4,8-9,12-13H,11H2,1H3,(H,14,15). The summed E-state index contributed by atoms with van der Waals surface area (Å²) >= 11 is 0. The molecule has 1 aromatic carbocycles. The Bertz CT molecular complexity index is 378. The summed E-state index contributed by atoms with van der Waals surface area (Å²) in [5, 5.41) is 27.6. The van der Waals surface area contributed by atoms with Crippen molar-refractivity contribution in [3.63, 3.8) is 0 Å². The number of carboxylic acid groups (broad SMARTS) is 1. The average Bonchev–Trinajstić information content (AvgIpc) is 2.19. The molecule has 82 valence electrons. The highest BCUT2D eigenvalue weighted by Crippen LogP contribution is 2.26. The molecule has 5 N–H and O–H groups in total. The zero-order valence-electron chi connectivity index (χ0n) is 8.21. The monoisotopic (exact) mass is 211 g/mol. The van der Waals surface area contributed by atoms with Crippen molar-refractivity contribution in [2.75, 3.05) is 0 Å². The van der Waals surface area contributed by atoms with E-state index in [0.29, 0.717) is 0 Å². The summed E-state index contributed by atoms with van der Waals surface area (Å²) in [7, 11) is 0. The Hall–Kier alpha value is -1.59. The fourth-order valence-electron chi connectivity index (χ4n) is 1.24. The number of aliphatic carboxylic acids is 1. The highest BCUT2D eigenvalue weighted by molar-refractivity contribution is 5.74. The Labute approximate surface area is 86.8 Å². The first-order valence-corrected chi connectivity index (χ1v) is 4.39. The van der Waals surface area contributed by atoms with Crippen LogP contribution in [0.15, 0.2) is 18.2 Å². The first kappa shape index (κ1) is 11.5. The molecule has 5 nitrogen and oxygen atoms in total. The molecule has 0 aliphatic heterocycles. The van der Waals surface area contributed by atoms with Crippen LogP contribution in [0.5, 0.6) is 5.75 Å². The molecule has 2 atom stereocenters. The molecule has 5 heteroatoms. The van der Waals surface area contributed by atoms with Gasteiger partial charge in [0, 0.05) is 5.56 Å². The molecule has 2 unspecified atom stereocenters. The van der Waals surface area contributed by atoms with Gasteiger partial charge < -0.3 is 21.1 Å². The van der Waals surface area contributed by atoms with Gasteiger partial charge in [0.25, 0.3) is 0 Å². The van der Waals surface area contributed by atoms with Crippen molar-refractivity contribution >= 4 is 5.97 Å². The predicted octanol–water partition coefficient (Wildman–Crippen LogP) is 0.146. The summed E-state index contributed by atoms with van der Waals surface area (Å²) in [4.78, 5) is 10.5. The van der Waals surface area contributed by atoms with Crippen molar-refractivity contribution in [1.82, 2.24) is 0 Å². The van der Waals surface area contributed by atoms with Crippen LogP contribution in [0.25, 0.3) is 0 Å². The van der Waals surface area contributed by atoms with E-state index in [1.165, 1.54) is 12.1 Å². The lowest BCUT2D eigenvalue weighted by Crippen LogP contribution is -2.36. The van der Waals surface area contributed by atoms with Crippen LogP contribution in [-0.2, 0) is 4.79 Å². The highest BCUT2D eigenvalue weighted by Gasteiger charge is 2.25. The molecule has 15 heavy (non-hydrogen) atoms. The van der Waals surface area contributed by atoms with Gasteiger partial charge in [-0.25, -0.2) is 0 Å². The van der Waals surface area contributed by atoms with Crippen molar-refractivity contribution in [3.8, 4) is 5.75 Å². The Balaban J connectivity index is 3.04. The van der Waals surface area contributed by atoms with Gasteiger partial charge in [-0.2, -0.15) is 0 Å². The molecular weight excluding hydrogens is 198 g/mol. The zero-order valence-corrected chi connectivity index (χ0v) is 8.21.